The predicted octanol–water partition coefficient (Wildman–Crippen LogP) is 7.87. The zero-order chi connectivity index (χ0) is 44.2. The van der Waals surface area contributed by atoms with Crippen molar-refractivity contribution in [1.29, 1.82) is 5.26 Å². The Bertz CT molecular complexity index is 2260. The summed E-state index contributed by atoms with van der Waals surface area (Å²) < 4.78 is 64.4. The average molecular weight is 808 g/mol. The smallest absolute Gasteiger partial charge is 0.417 e. The molecule has 0 fully saturated rings. The van der Waals surface area contributed by atoms with Crippen LogP contribution in [0.5, 0.6) is 0 Å². The molecule has 0 aliphatic rings. The first-order valence-corrected chi connectivity index (χ1v) is 17.1. The van der Waals surface area contributed by atoms with Gasteiger partial charge < -0.3 is 32.1 Å². The highest BCUT2D eigenvalue weighted by Crippen LogP contribution is 2.33. The summed E-state index contributed by atoms with van der Waals surface area (Å²) in [6, 6.07) is 17.7. The van der Waals surface area contributed by atoms with Gasteiger partial charge in [-0.1, -0.05) is 12.1 Å². The van der Waals surface area contributed by atoms with E-state index < -0.39 is 57.7 Å². The van der Waals surface area contributed by atoms with Gasteiger partial charge in [-0.25, -0.2) is 13.6 Å². The molecule has 0 aliphatic heterocycles. The minimum absolute atomic E-state index is 0.00803. The summed E-state index contributed by atoms with van der Waals surface area (Å²) in [5.41, 5.74) is 4.40. The number of benzene rings is 4. The lowest BCUT2D eigenvalue weighted by atomic mass is 9.85. The summed E-state index contributed by atoms with van der Waals surface area (Å²) in [7, 11) is 2.84. The van der Waals surface area contributed by atoms with E-state index in [2.05, 4.69) is 26.1 Å². The molecule has 0 radical (unpaired) electrons. The molecular formula is C41H42F5N7O5. The largest absolute Gasteiger partial charge is 0.481 e. The number of aliphatic carboxylic acids is 1. The topological polar surface area (TPSA) is 191 Å². The molecule has 12 nitrogen and oxygen atoms in total. The standard InChI is InChI=1S/C20H21FN4O2.C13H16FNO3.C8H5F3N2/c1-12-10-13(7-9-17(12)22-4)24-19(27)20(2,3)25-14-6-8-15(16(21)11-14)18(26)23-5;1-13(2,12(17)18)7-8-4-5-9(10(14)6-8)11(16)15-3;9-8(10,11)7-3-6(13)2-1-5(7)4-12/h6-11,25H,1-3,5H3,(H,23,26)(H,24,27);4-6H,7H2,1-3H3,(H,15,16)(H,17,18);1-3H,13H2. The second kappa shape index (κ2) is 19.7. The van der Waals surface area contributed by atoms with E-state index in [-0.39, 0.29) is 29.1 Å². The highest BCUT2D eigenvalue weighted by molar-refractivity contribution is 6.00. The van der Waals surface area contributed by atoms with Crippen molar-refractivity contribution in [3.8, 4) is 6.07 Å². The van der Waals surface area contributed by atoms with Crippen molar-refractivity contribution >= 4 is 46.4 Å². The van der Waals surface area contributed by atoms with E-state index in [1.807, 2.05) is 0 Å². The number of nitrogens with zero attached hydrogens (tertiary/aromatic N) is 2. The second-order valence-electron chi connectivity index (χ2n) is 13.8. The fourth-order valence-electron chi connectivity index (χ4n) is 4.94. The highest BCUT2D eigenvalue weighted by Gasteiger charge is 2.34. The number of carbonyl (C=O) groups is 4. The Labute approximate surface area is 332 Å². The van der Waals surface area contributed by atoms with Gasteiger partial charge in [-0.3, -0.25) is 19.2 Å². The molecule has 0 aliphatic carbocycles. The van der Waals surface area contributed by atoms with Crippen molar-refractivity contribution in [2.45, 2.75) is 52.8 Å². The third-order valence-electron chi connectivity index (χ3n) is 8.24. The van der Waals surface area contributed by atoms with Crippen LogP contribution in [0.2, 0.25) is 0 Å². The van der Waals surface area contributed by atoms with Crippen LogP contribution in [-0.4, -0.2) is 48.4 Å². The molecule has 0 spiro atoms. The molecule has 0 unspecified atom stereocenters. The summed E-state index contributed by atoms with van der Waals surface area (Å²) in [6.07, 6.45) is -4.33. The molecule has 306 valence electrons. The first kappa shape index (κ1) is 47.1. The van der Waals surface area contributed by atoms with Crippen LogP contribution in [0.1, 0.15) is 70.7 Å². The fraction of sp³-hybridized carbons (Fsp3) is 0.268. The first-order chi connectivity index (χ1) is 26.9. The van der Waals surface area contributed by atoms with Crippen LogP contribution in [-0.2, 0) is 22.2 Å². The first-order valence-electron chi connectivity index (χ1n) is 17.1. The number of hydrogen-bond donors (Lipinski definition) is 6. The number of nitrogen functional groups attached to an aromatic ring is 1. The van der Waals surface area contributed by atoms with Gasteiger partial charge in [0, 0.05) is 31.2 Å². The lowest BCUT2D eigenvalue weighted by molar-refractivity contribution is -0.146. The van der Waals surface area contributed by atoms with Crippen LogP contribution < -0.4 is 27.0 Å². The van der Waals surface area contributed by atoms with Gasteiger partial charge in [-0.15, -0.1) is 0 Å². The predicted molar refractivity (Wildman–Crippen MR) is 209 cm³/mol. The van der Waals surface area contributed by atoms with E-state index in [4.69, 9.17) is 22.7 Å². The Kier molecular flexibility index (Phi) is 16.0. The van der Waals surface area contributed by atoms with Crippen molar-refractivity contribution in [2.75, 3.05) is 30.5 Å². The van der Waals surface area contributed by atoms with Gasteiger partial charge >= 0.3 is 12.1 Å². The molecule has 4 rings (SSSR count). The minimum atomic E-state index is -4.53. The number of carboxylic acid groups (broad SMARTS) is 1. The zero-order valence-corrected chi connectivity index (χ0v) is 32.6. The van der Waals surface area contributed by atoms with Crippen molar-refractivity contribution in [3.63, 3.8) is 0 Å². The molecule has 4 aromatic rings. The van der Waals surface area contributed by atoms with Gasteiger partial charge in [-0.05, 0) is 113 Å². The lowest BCUT2D eigenvalue weighted by Crippen LogP contribution is -2.44. The Hall–Kier alpha value is -7.01. The maximum absolute atomic E-state index is 14.1. The lowest BCUT2D eigenvalue weighted by Gasteiger charge is -2.26. The summed E-state index contributed by atoms with van der Waals surface area (Å²) in [4.78, 5) is 49.8. The third kappa shape index (κ3) is 13.0. The van der Waals surface area contributed by atoms with Crippen LogP contribution in [0.4, 0.5) is 44.7 Å². The number of aryl methyl sites for hydroxylation is 1. The summed E-state index contributed by atoms with van der Waals surface area (Å²) >= 11 is 0. The van der Waals surface area contributed by atoms with Gasteiger partial charge in [0.05, 0.1) is 40.3 Å². The molecule has 17 heteroatoms. The van der Waals surface area contributed by atoms with Crippen LogP contribution >= 0.6 is 0 Å². The molecule has 0 heterocycles. The number of hydrogen-bond acceptors (Lipinski definition) is 7. The summed E-state index contributed by atoms with van der Waals surface area (Å²) in [5, 5.41) is 27.8. The third-order valence-corrected chi connectivity index (χ3v) is 8.24. The van der Waals surface area contributed by atoms with Crippen molar-refractivity contribution in [1.82, 2.24) is 10.6 Å². The number of amides is 3. The maximum atomic E-state index is 14.1. The van der Waals surface area contributed by atoms with Crippen molar-refractivity contribution in [2.24, 2.45) is 5.41 Å². The number of nitriles is 1. The van der Waals surface area contributed by atoms with Crippen molar-refractivity contribution in [3.05, 3.63) is 129 Å². The van der Waals surface area contributed by atoms with Gasteiger partial charge in [-0.2, -0.15) is 18.4 Å². The molecule has 0 bridgehead atoms. The Morgan fingerprint density at radius 1 is 0.828 bits per heavy atom. The van der Waals surface area contributed by atoms with E-state index in [1.165, 1.54) is 56.6 Å². The molecule has 0 aromatic heterocycles. The molecule has 7 N–H and O–H groups in total. The van der Waals surface area contributed by atoms with E-state index in [0.29, 0.717) is 22.6 Å². The minimum Gasteiger partial charge on any atom is -0.481 e. The van der Waals surface area contributed by atoms with Gasteiger partial charge in [0.25, 0.3) is 11.8 Å². The number of carboxylic acids is 1. The summed E-state index contributed by atoms with van der Waals surface area (Å²) in [5.74, 6) is -3.62. The number of carbonyl (C=O) groups excluding carboxylic acids is 3. The maximum Gasteiger partial charge on any atom is 0.417 e. The monoisotopic (exact) mass is 807 g/mol. The van der Waals surface area contributed by atoms with Gasteiger partial charge in [0.15, 0.2) is 5.69 Å². The van der Waals surface area contributed by atoms with Crippen molar-refractivity contribution < 1.29 is 46.2 Å². The Morgan fingerprint density at radius 3 is 1.84 bits per heavy atom. The number of anilines is 3. The summed E-state index contributed by atoms with van der Waals surface area (Å²) in [6.45, 7) is 15.3. The normalized spacial score (nSPS) is 10.9. The quantitative estimate of drug-likeness (QED) is 0.0559. The van der Waals surface area contributed by atoms with Crippen LogP contribution in [0.3, 0.4) is 0 Å². The number of nitrogens with one attached hydrogen (secondary N) is 4. The Balaban J connectivity index is 0.000000323. The SMILES string of the molecule is CNC(=O)c1ccc(CC(C)(C)C(=O)O)cc1F.N#Cc1ccc(N)cc1C(F)(F)F.[C-]#[N+]c1ccc(NC(=O)C(C)(C)Nc2ccc(C(=O)NC)c(F)c2)cc1C. The van der Waals surface area contributed by atoms with E-state index >= 15 is 0 Å². The molecular weight excluding hydrogens is 765 g/mol. The average Bonchev–Trinajstić information content (AvgIpc) is 3.14. The van der Waals surface area contributed by atoms with Crippen LogP contribution in [0.15, 0.2) is 72.8 Å². The fourth-order valence-corrected chi connectivity index (χ4v) is 4.94. The van der Waals surface area contributed by atoms with E-state index in [1.54, 1.807) is 58.9 Å². The number of halogens is 5. The second-order valence-corrected chi connectivity index (χ2v) is 13.8. The van der Waals surface area contributed by atoms with E-state index in [0.717, 1.165) is 17.7 Å². The molecule has 0 saturated carbocycles. The number of alkyl halides is 3. The molecule has 0 saturated heterocycles. The number of nitrogens with two attached hydrogens (primary N) is 1. The zero-order valence-electron chi connectivity index (χ0n) is 32.6. The molecule has 58 heavy (non-hydrogen) atoms. The number of rotatable bonds is 9. The highest BCUT2D eigenvalue weighted by atomic mass is 19.4. The molecule has 3 amide bonds. The Morgan fingerprint density at radius 2 is 1.38 bits per heavy atom. The van der Waals surface area contributed by atoms with Crippen LogP contribution in [0, 0.1) is 41.9 Å². The van der Waals surface area contributed by atoms with Crippen LogP contribution in [0.25, 0.3) is 4.85 Å². The van der Waals surface area contributed by atoms with E-state index in [9.17, 15) is 41.1 Å². The molecule has 4 aromatic carbocycles. The molecule has 0 atom stereocenters. The van der Waals surface area contributed by atoms with Gasteiger partial charge in [0.2, 0.25) is 5.91 Å². The van der Waals surface area contributed by atoms with Gasteiger partial charge in [0.1, 0.15) is 17.2 Å².